The number of allylic oxidation sites excluding steroid dienone is 2. The van der Waals surface area contributed by atoms with E-state index in [0.717, 1.165) is 70.6 Å². The zero-order valence-electron chi connectivity index (χ0n) is 30.8. The van der Waals surface area contributed by atoms with Crippen molar-refractivity contribution in [1.29, 1.82) is 0 Å². The monoisotopic (exact) mass is 735 g/mol. The van der Waals surface area contributed by atoms with E-state index in [0.29, 0.717) is 19.3 Å². The summed E-state index contributed by atoms with van der Waals surface area (Å²) in [6.45, 7) is 2.67. The minimum Gasteiger partial charge on any atom is -0.394 e. The van der Waals surface area contributed by atoms with Gasteiger partial charge in [-0.2, -0.15) is 0 Å². The van der Waals surface area contributed by atoms with Gasteiger partial charge in [-0.3, -0.25) is 4.79 Å². The number of carbonyl (C=O) groups is 1. The fourth-order valence-corrected chi connectivity index (χ4v) is 6.40. The van der Waals surface area contributed by atoms with Crippen molar-refractivity contribution in [3.63, 3.8) is 0 Å². The second-order valence-corrected chi connectivity index (χ2v) is 14.1. The number of hydrogen-bond acceptors (Lipinski definition) is 13. The van der Waals surface area contributed by atoms with Crippen molar-refractivity contribution in [3.8, 4) is 0 Å². The standard InChI is InChI=1S/C37H69NO13/c1-3-5-7-9-10-11-12-13-14-15-17-19-21-29(42)38-25(26(41)20-18-16-8-6-4-2)24-48-36-34(47)32(45)35(28(23-40)50-36)51-37-33(46)31(44)30(43)27(22-39)49-37/h10-11,25-28,30-37,39-41,43-47H,3-9,12-24H2,1-2H3,(H,38,42)/b11-10-. The Morgan fingerprint density at radius 1 is 0.686 bits per heavy atom. The molecule has 0 saturated carbocycles. The van der Waals surface area contributed by atoms with Crippen LogP contribution in [0.15, 0.2) is 12.2 Å². The van der Waals surface area contributed by atoms with Crippen LogP contribution < -0.4 is 5.32 Å². The van der Waals surface area contributed by atoms with E-state index < -0.39 is 86.8 Å². The predicted molar refractivity (Wildman–Crippen MR) is 189 cm³/mol. The SMILES string of the molecule is CCCCC/C=C\CCCCCCCC(=O)NC(COC1OC(CO)C(OC2OC(CO)C(O)C(O)C2O)C(O)C1O)C(O)CCCCCCC. The molecule has 2 saturated heterocycles. The number of aliphatic hydroxyl groups is 8. The van der Waals surface area contributed by atoms with Crippen molar-refractivity contribution in [2.24, 2.45) is 0 Å². The Morgan fingerprint density at radius 2 is 1.24 bits per heavy atom. The smallest absolute Gasteiger partial charge is 0.220 e. The largest absolute Gasteiger partial charge is 0.394 e. The highest BCUT2D eigenvalue weighted by Crippen LogP contribution is 2.30. The number of ether oxygens (including phenoxy) is 4. The number of nitrogens with one attached hydrogen (secondary N) is 1. The van der Waals surface area contributed by atoms with Crippen molar-refractivity contribution in [2.75, 3.05) is 19.8 Å². The Labute approximate surface area is 304 Å². The summed E-state index contributed by atoms with van der Waals surface area (Å²) in [4.78, 5) is 12.9. The average molecular weight is 736 g/mol. The van der Waals surface area contributed by atoms with E-state index in [1.165, 1.54) is 19.3 Å². The van der Waals surface area contributed by atoms with Crippen molar-refractivity contribution in [1.82, 2.24) is 5.32 Å². The molecule has 0 radical (unpaired) electrons. The molecule has 14 heteroatoms. The normalized spacial score (nSPS) is 31.2. The molecule has 2 fully saturated rings. The van der Waals surface area contributed by atoms with Gasteiger partial charge < -0.3 is 65.1 Å². The van der Waals surface area contributed by atoms with E-state index in [2.05, 4.69) is 31.3 Å². The lowest BCUT2D eigenvalue weighted by molar-refractivity contribution is -0.359. The van der Waals surface area contributed by atoms with Crippen LogP contribution in [0.3, 0.4) is 0 Å². The van der Waals surface area contributed by atoms with Gasteiger partial charge in [0.15, 0.2) is 12.6 Å². The van der Waals surface area contributed by atoms with Crippen molar-refractivity contribution >= 4 is 5.91 Å². The lowest BCUT2D eigenvalue weighted by Crippen LogP contribution is -2.65. The Kier molecular flexibility index (Phi) is 23.8. The molecule has 0 aromatic rings. The quantitative estimate of drug-likeness (QED) is 0.0433. The fraction of sp³-hybridized carbons (Fsp3) is 0.919. The van der Waals surface area contributed by atoms with Crippen molar-refractivity contribution in [2.45, 2.75) is 197 Å². The number of carbonyl (C=O) groups excluding carboxylic acids is 1. The summed E-state index contributed by atoms with van der Waals surface area (Å²) in [5, 5.41) is 85.8. The molecular weight excluding hydrogens is 666 g/mol. The van der Waals surface area contributed by atoms with Gasteiger partial charge in [-0.1, -0.05) is 90.2 Å². The number of amides is 1. The molecule has 9 N–H and O–H groups in total. The summed E-state index contributed by atoms with van der Waals surface area (Å²) in [5.41, 5.74) is 0. The van der Waals surface area contributed by atoms with E-state index in [9.17, 15) is 45.6 Å². The molecule has 1 amide bonds. The average Bonchev–Trinajstić information content (AvgIpc) is 3.12. The third-order valence-electron chi connectivity index (χ3n) is 9.73. The minimum absolute atomic E-state index is 0.227. The highest BCUT2D eigenvalue weighted by Gasteiger charge is 2.50. The highest BCUT2D eigenvalue weighted by molar-refractivity contribution is 5.76. The third kappa shape index (κ3) is 16.3. The Morgan fingerprint density at radius 3 is 1.90 bits per heavy atom. The first-order valence-corrected chi connectivity index (χ1v) is 19.4. The molecule has 0 bridgehead atoms. The first-order chi connectivity index (χ1) is 24.6. The molecule has 2 heterocycles. The van der Waals surface area contributed by atoms with Gasteiger partial charge in [0.1, 0.15) is 48.8 Å². The third-order valence-corrected chi connectivity index (χ3v) is 9.73. The molecule has 0 spiro atoms. The molecule has 12 unspecified atom stereocenters. The zero-order chi connectivity index (χ0) is 37.6. The van der Waals surface area contributed by atoms with Crippen LogP contribution in [-0.4, -0.2) is 140 Å². The topological polar surface area (TPSA) is 228 Å². The van der Waals surface area contributed by atoms with Crippen LogP contribution in [0.5, 0.6) is 0 Å². The van der Waals surface area contributed by atoms with Gasteiger partial charge in [-0.15, -0.1) is 0 Å². The first-order valence-electron chi connectivity index (χ1n) is 19.4. The summed E-state index contributed by atoms with van der Waals surface area (Å²) < 4.78 is 22.5. The van der Waals surface area contributed by atoms with Gasteiger partial charge in [0.25, 0.3) is 0 Å². The summed E-state index contributed by atoms with van der Waals surface area (Å²) in [5.74, 6) is -0.227. The molecule has 2 rings (SSSR count). The van der Waals surface area contributed by atoms with Crippen LogP contribution in [0.4, 0.5) is 0 Å². The van der Waals surface area contributed by atoms with Crippen LogP contribution in [0.1, 0.15) is 123 Å². The molecule has 2 aliphatic rings. The van der Waals surface area contributed by atoms with Gasteiger partial charge in [0.05, 0.1) is 32.0 Å². The van der Waals surface area contributed by atoms with Crippen LogP contribution >= 0.6 is 0 Å². The molecular formula is C37H69NO13. The molecule has 12 atom stereocenters. The second kappa shape index (κ2) is 26.5. The Balaban J connectivity index is 1.91. The molecule has 0 aromatic carbocycles. The second-order valence-electron chi connectivity index (χ2n) is 14.1. The van der Waals surface area contributed by atoms with E-state index in [4.69, 9.17) is 18.9 Å². The number of unbranched alkanes of at least 4 members (excludes halogenated alkanes) is 12. The highest BCUT2D eigenvalue weighted by atomic mass is 16.7. The van der Waals surface area contributed by atoms with Gasteiger partial charge >= 0.3 is 0 Å². The summed E-state index contributed by atoms with van der Waals surface area (Å²) in [6, 6.07) is -0.823. The van der Waals surface area contributed by atoms with Crippen LogP contribution in [-0.2, 0) is 23.7 Å². The number of rotatable bonds is 27. The van der Waals surface area contributed by atoms with E-state index in [-0.39, 0.29) is 12.5 Å². The predicted octanol–water partition coefficient (Wildman–Crippen LogP) is 1.70. The van der Waals surface area contributed by atoms with Gasteiger partial charge in [0.2, 0.25) is 5.91 Å². The molecule has 51 heavy (non-hydrogen) atoms. The zero-order valence-corrected chi connectivity index (χ0v) is 30.8. The van der Waals surface area contributed by atoms with Crippen LogP contribution in [0.25, 0.3) is 0 Å². The first kappa shape index (κ1) is 45.9. The van der Waals surface area contributed by atoms with Gasteiger partial charge in [0, 0.05) is 6.42 Å². The minimum atomic E-state index is -1.78. The van der Waals surface area contributed by atoms with Crippen molar-refractivity contribution < 1.29 is 64.6 Å². The molecule has 300 valence electrons. The Bertz CT molecular complexity index is 925. The van der Waals surface area contributed by atoms with Crippen LogP contribution in [0, 0.1) is 0 Å². The number of hydrogen-bond donors (Lipinski definition) is 9. The lowest BCUT2D eigenvalue weighted by atomic mass is 9.97. The summed E-state index contributed by atoms with van der Waals surface area (Å²) >= 11 is 0. The van der Waals surface area contributed by atoms with Crippen LogP contribution in [0.2, 0.25) is 0 Å². The summed E-state index contributed by atoms with van der Waals surface area (Å²) in [6.07, 6.45) is 4.36. The molecule has 2 aliphatic heterocycles. The van der Waals surface area contributed by atoms with Crippen molar-refractivity contribution in [3.05, 3.63) is 12.2 Å². The van der Waals surface area contributed by atoms with Gasteiger partial charge in [-0.05, 0) is 38.5 Å². The Hall–Kier alpha value is -1.27. The molecule has 0 aliphatic carbocycles. The number of aliphatic hydroxyl groups excluding tert-OH is 8. The van der Waals surface area contributed by atoms with E-state index in [1.807, 2.05) is 0 Å². The fourth-order valence-electron chi connectivity index (χ4n) is 6.40. The van der Waals surface area contributed by atoms with E-state index in [1.54, 1.807) is 0 Å². The summed E-state index contributed by atoms with van der Waals surface area (Å²) in [7, 11) is 0. The lowest BCUT2D eigenvalue weighted by Gasteiger charge is -2.46. The molecule has 14 nitrogen and oxygen atoms in total. The maximum Gasteiger partial charge on any atom is 0.220 e. The van der Waals surface area contributed by atoms with Gasteiger partial charge in [-0.25, -0.2) is 0 Å². The van der Waals surface area contributed by atoms with E-state index >= 15 is 0 Å². The molecule has 0 aromatic heterocycles. The maximum absolute atomic E-state index is 12.9. The maximum atomic E-state index is 12.9.